The highest BCUT2D eigenvalue weighted by atomic mass is 32.2. The van der Waals surface area contributed by atoms with Crippen molar-refractivity contribution in [1.82, 2.24) is 4.41 Å². The Balaban J connectivity index is 2.00. The number of nitrogens with zero attached hydrogens (tertiary/aromatic N) is 2. The number of hydrazone groups is 1. The second kappa shape index (κ2) is 4.73. The normalized spacial score (nSPS) is 19.7. The largest absolute Gasteiger partial charge is 0.247 e. The fourth-order valence-corrected chi connectivity index (χ4v) is 4.43. The van der Waals surface area contributed by atoms with Crippen molar-refractivity contribution in [2.75, 3.05) is 6.26 Å². The van der Waals surface area contributed by atoms with Crippen LogP contribution in [0.2, 0.25) is 0 Å². The van der Waals surface area contributed by atoms with E-state index in [-0.39, 0.29) is 6.04 Å². The molecule has 3 rings (SSSR count). The predicted octanol–water partition coefficient (Wildman–Crippen LogP) is 2.92. The summed E-state index contributed by atoms with van der Waals surface area (Å²) in [5, 5.41) is 10.2. The fraction of sp³-hybridized carbons (Fsp3) is 0.250. The SMILES string of the molecule is CS(=O)(=O)N1N=C(c2cccs2)C[C@@H]1c1ccsc1. The Morgan fingerprint density at radius 1 is 1.37 bits per heavy atom. The zero-order valence-corrected chi connectivity index (χ0v) is 12.6. The van der Waals surface area contributed by atoms with E-state index in [4.69, 9.17) is 0 Å². The molecule has 1 aliphatic rings. The number of sulfonamides is 1. The van der Waals surface area contributed by atoms with Crippen LogP contribution in [0.5, 0.6) is 0 Å². The summed E-state index contributed by atoms with van der Waals surface area (Å²) < 4.78 is 25.0. The summed E-state index contributed by atoms with van der Waals surface area (Å²) in [4.78, 5) is 1.03. The minimum absolute atomic E-state index is 0.210. The van der Waals surface area contributed by atoms with Crippen LogP contribution in [0.25, 0.3) is 0 Å². The first-order valence-electron chi connectivity index (χ1n) is 5.68. The highest BCUT2D eigenvalue weighted by Crippen LogP contribution is 2.36. The van der Waals surface area contributed by atoms with Crippen molar-refractivity contribution < 1.29 is 8.42 Å². The molecule has 0 bridgehead atoms. The van der Waals surface area contributed by atoms with Gasteiger partial charge in [0.1, 0.15) is 0 Å². The molecule has 19 heavy (non-hydrogen) atoms. The molecule has 0 saturated heterocycles. The third-order valence-corrected chi connectivity index (χ3v) is 5.58. The van der Waals surface area contributed by atoms with E-state index in [1.807, 2.05) is 34.3 Å². The van der Waals surface area contributed by atoms with Gasteiger partial charge < -0.3 is 0 Å². The van der Waals surface area contributed by atoms with Crippen LogP contribution in [-0.4, -0.2) is 24.8 Å². The molecule has 0 fully saturated rings. The molecular formula is C12H12N2O2S3. The smallest absolute Gasteiger partial charge is 0.205 e. The number of hydrogen-bond donors (Lipinski definition) is 0. The van der Waals surface area contributed by atoms with E-state index in [1.165, 1.54) is 10.7 Å². The maximum Gasteiger partial charge on any atom is 0.247 e. The zero-order valence-electron chi connectivity index (χ0n) is 10.2. The van der Waals surface area contributed by atoms with Crippen LogP contribution in [0.3, 0.4) is 0 Å². The Kier molecular flexibility index (Phi) is 3.20. The summed E-state index contributed by atoms with van der Waals surface area (Å²) in [7, 11) is -3.35. The van der Waals surface area contributed by atoms with Gasteiger partial charge in [-0.25, -0.2) is 8.42 Å². The molecule has 7 heteroatoms. The topological polar surface area (TPSA) is 49.7 Å². The van der Waals surface area contributed by atoms with Crippen LogP contribution in [-0.2, 0) is 10.0 Å². The van der Waals surface area contributed by atoms with Gasteiger partial charge in [0.25, 0.3) is 0 Å². The minimum Gasteiger partial charge on any atom is -0.205 e. The molecule has 0 amide bonds. The molecule has 100 valence electrons. The summed E-state index contributed by atoms with van der Waals surface area (Å²) in [5.74, 6) is 0. The Hall–Kier alpha value is -1.18. The second-order valence-corrected chi connectivity index (χ2v) is 7.90. The molecule has 3 heterocycles. The van der Waals surface area contributed by atoms with Crippen molar-refractivity contribution in [2.45, 2.75) is 12.5 Å². The van der Waals surface area contributed by atoms with Crippen LogP contribution in [0, 0.1) is 0 Å². The summed E-state index contributed by atoms with van der Waals surface area (Å²) in [6.45, 7) is 0. The molecule has 0 N–H and O–H groups in total. The van der Waals surface area contributed by atoms with Gasteiger partial charge in [-0.3, -0.25) is 0 Å². The molecular weight excluding hydrogens is 300 g/mol. The van der Waals surface area contributed by atoms with Gasteiger partial charge in [0.05, 0.1) is 22.9 Å². The second-order valence-electron chi connectivity index (χ2n) is 4.34. The Labute approximate surface area is 120 Å². The fourth-order valence-electron chi connectivity index (χ4n) is 2.10. The van der Waals surface area contributed by atoms with Gasteiger partial charge in [0, 0.05) is 6.42 Å². The van der Waals surface area contributed by atoms with Crippen LogP contribution >= 0.6 is 22.7 Å². The van der Waals surface area contributed by atoms with E-state index < -0.39 is 10.0 Å². The lowest BCUT2D eigenvalue weighted by atomic mass is 10.1. The Morgan fingerprint density at radius 3 is 2.79 bits per heavy atom. The standard InChI is InChI=1S/C12H12N2O2S3/c1-19(15,16)14-11(9-4-6-17-8-9)7-10(13-14)12-3-2-5-18-12/h2-6,8,11H,7H2,1H3/t11-/m1/s1. The lowest BCUT2D eigenvalue weighted by Crippen LogP contribution is -2.25. The zero-order chi connectivity index (χ0) is 13.5. The third-order valence-electron chi connectivity index (χ3n) is 2.95. The van der Waals surface area contributed by atoms with Gasteiger partial charge in [-0.15, -0.1) is 11.3 Å². The van der Waals surface area contributed by atoms with Crippen molar-refractivity contribution in [3.05, 3.63) is 44.8 Å². The number of thiophene rings is 2. The van der Waals surface area contributed by atoms with Crippen molar-refractivity contribution >= 4 is 38.4 Å². The van der Waals surface area contributed by atoms with E-state index in [0.717, 1.165) is 16.2 Å². The maximum atomic E-state index is 11.9. The molecule has 4 nitrogen and oxygen atoms in total. The average Bonchev–Trinajstić information content (AvgIpc) is 3.09. The first-order chi connectivity index (χ1) is 9.05. The van der Waals surface area contributed by atoms with Gasteiger partial charge in [-0.05, 0) is 33.8 Å². The molecule has 0 radical (unpaired) electrons. The van der Waals surface area contributed by atoms with E-state index >= 15 is 0 Å². The highest BCUT2D eigenvalue weighted by molar-refractivity contribution is 7.88. The van der Waals surface area contributed by atoms with Crippen LogP contribution in [0.4, 0.5) is 0 Å². The van der Waals surface area contributed by atoms with Gasteiger partial charge in [0.2, 0.25) is 10.0 Å². The molecule has 2 aromatic rings. The summed E-state index contributed by atoms with van der Waals surface area (Å²) in [6.07, 6.45) is 1.83. The van der Waals surface area contributed by atoms with E-state index in [1.54, 1.807) is 22.7 Å². The summed E-state index contributed by atoms with van der Waals surface area (Å²) in [5.41, 5.74) is 1.85. The predicted molar refractivity (Wildman–Crippen MR) is 79.2 cm³/mol. The number of rotatable bonds is 3. The van der Waals surface area contributed by atoms with E-state index in [2.05, 4.69) is 5.10 Å². The first kappa shape index (κ1) is 12.8. The van der Waals surface area contributed by atoms with Crippen LogP contribution < -0.4 is 0 Å². The third kappa shape index (κ3) is 2.45. The lowest BCUT2D eigenvalue weighted by molar-refractivity contribution is 0.375. The molecule has 0 spiro atoms. The molecule has 0 unspecified atom stereocenters. The van der Waals surface area contributed by atoms with E-state index in [0.29, 0.717) is 6.42 Å². The van der Waals surface area contributed by atoms with Crippen LogP contribution in [0.15, 0.2) is 39.4 Å². The molecule has 2 aromatic heterocycles. The molecule has 0 aliphatic carbocycles. The summed E-state index contributed by atoms with van der Waals surface area (Å²) in [6, 6.07) is 5.67. The lowest BCUT2D eigenvalue weighted by Gasteiger charge is -2.20. The Morgan fingerprint density at radius 2 is 2.21 bits per heavy atom. The average molecular weight is 312 g/mol. The van der Waals surface area contributed by atoms with Crippen molar-refractivity contribution in [1.29, 1.82) is 0 Å². The number of hydrogen-bond acceptors (Lipinski definition) is 5. The van der Waals surface area contributed by atoms with Crippen molar-refractivity contribution in [3.8, 4) is 0 Å². The van der Waals surface area contributed by atoms with Gasteiger partial charge in [-0.1, -0.05) is 6.07 Å². The summed E-state index contributed by atoms with van der Waals surface area (Å²) >= 11 is 3.15. The monoisotopic (exact) mass is 312 g/mol. The van der Waals surface area contributed by atoms with E-state index in [9.17, 15) is 8.42 Å². The molecule has 1 atom stereocenters. The first-order valence-corrected chi connectivity index (χ1v) is 9.35. The maximum absolute atomic E-state index is 11.9. The molecule has 0 aromatic carbocycles. The van der Waals surface area contributed by atoms with Crippen molar-refractivity contribution in [3.63, 3.8) is 0 Å². The minimum atomic E-state index is -3.35. The highest BCUT2D eigenvalue weighted by Gasteiger charge is 2.34. The van der Waals surface area contributed by atoms with Crippen molar-refractivity contribution in [2.24, 2.45) is 5.10 Å². The Bertz CT molecular complexity index is 687. The van der Waals surface area contributed by atoms with Gasteiger partial charge in [0.15, 0.2) is 0 Å². The van der Waals surface area contributed by atoms with Crippen LogP contribution in [0.1, 0.15) is 22.9 Å². The quantitative estimate of drug-likeness (QED) is 0.875. The van der Waals surface area contributed by atoms with Gasteiger partial charge >= 0.3 is 0 Å². The van der Waals surface area contributed by atoms with Gasteiger partial charge in [-0.2, -0.15) is 20.9 Å². The molecule has 0 saturated carbocycles. The molecule has 1 aliphatic heterocycles.